The number of oxime groups is 1. The molecule has 11 heteroatoms. The van der Waals surface area contributed by atoms with E-state index >= 15 is 0 Å². The van der Waals surface area contributed by atoms with Crippen molar-refractivity contribution in [3.05, 3.63) is 90.5 Å². The number of hydrogen-bond acceptors (Lipinski definition) is 10. The normalized spacial score (nSPS) is 22.8. The summed E-state index contributed by atoms with van der Waals surface area (Å²) in [5, 5.41) is 36.5. The minimum atomic E-state index is -1.36. The Morgan fingerprint density at radius 2 is 1.55 bits per heavy atom. The summed E-state index contributed by atoms with van der Waals surface area (Å²) >= 11 is 0. The number of carbonyl (C=O) groups is 1. The van der Waals surface area contributed by atoms with Gasteiger partial charge in [0.25, 0.3) is 0 Å². The van der Waals surface area contributed by atoms with E-state index in [0.717, 1.165) is 78.3 Å². The van der Waals surface area contributed by atoms with Gasteiger partial charge in [0.1, 0.15) is 30.4 Å². The molecule has 2 aliphatic carbocycles. The van der Waals surface area contributed by atoms with Gasteiger partial charge in [-0.05, 0) is 90.6 Å². The van der Waals surface area contributed by atoms with Crippen LogP contribution in [0.4, 0.5) is 0 Å². The molecule has 1 aliphatic heterocycles. The molecule has 1 fully saturated rings. The first-order valence-electron chi connectivity index (χ1n) is 24.7. The number of benzene rings is 3. The van der Waals surface area contributed by atoms with E-state index in [0.29, 0.717) is 37.2 Å². The molecule has 65 heavy (non-hydrogen) atoms. The van der Waals surface area contributed by atoms with Crippen LogP contribution in [0, 0.1) is 17.8 Å². The summed E-state index contributed by atoms with van der Waals surface area (Å²) in [4.78, 5) is 22.4. The molecule has 1 amide bonds. The van der Waals surface area contributed by atoms with E-state index in [1.165, 1.54) is 38.5 Å². The molecule has 0 spiro atoms. The lowest BCUT2D eigenvalue weighted by Gasteiger charge is -2.60. The van der Waals surface area contributed by atoms with Crippen LogP contribution in [-0.2, 0) is 19.1 Å². The van der Waals surface area contributed by atoms with Gasteiger partial charge in [-0.25, -0.2) is 0 Å². The lowest BCUT2D eigenvalue weighted by atomic mass is 9.55. The molecule has 6 rings (SSSR count). The van der Waals surface area contributed by atoms with Crippen LogP contribution in [-0.4, -0.2) is 97.0 Å². The van der Waals surface area contributed by atoms with Gasteiger partial charge in [0.2, 0.25) is 11.7 Å². The fourth-order valence-electron chi connectivity index (χ4n) is 10.7. The highest BCUT2D eigenvalue weighted by molar-refractivity contribution is 6.03. The molecule has 0 radical (unpaired) electrons. The minimum Gasteiger partial charge on any atom is -0.459 e. The fraction of sp³-hybridized carbons (Fsp3) is 0.593. The van der Waals surface area contributed by atoms with Gasteiger partial charge in [-0.1, -0.05) is 119 Å². The maximum absolute atomic E-state index is 14.8. The van der Waals surface area contributed by atoms with Crippen molar-refractivity contribution in [1.82, 2.24) is 4.90 Å². The van der Waals surface area contributed by atoms with Gasteiger partial charge in [-0.2, -0.15) is 0 Å². The van der Waals surface area contributed by atoms with Gasteiger partial charge in [0, 0.05) is 44.1 Å². The first kappa shape index (κ1) is 50.2. The lowest BCUT2D eigenvalue weighted by molar-refractivity contribution is -0.258. The van der Waals surface area contributed by atoms with Crippen molar-refractivity contribution in [2.75, 3.05) is 53.3 Å². The largest absolute Gasteiger partial charge is 0.459 e. The zero-order chi connectivity index (χ0) is 45.9. The molecule has 0 bridgehead atoms. The first-order valence-corrected chi connectivity index (χ1v) is 24.7. The Hall–Kier alpha value is -4.26. The predicted octanol–water partition coefficient (Wildman–Crippen LogP) is 10.7. The Kier molecular flexibility index (Phi) is 20.2. The van der Waals surface area contributed by atoms with E-state index in [1.54, 1.807) is 13.2 Å². The van der Waals surface area contributed by atoms with Crippen molar-refractivity contribution in [3.8, 4) is 17.2 Å². The molecular formula is C54H76N2O9. The van der Waals surface area contributed by atoms with Crippen molar-refractivity contribution < 1.29 is 43.9 Å². The number of unbranched alkanes of at least 4 members (excludes halogenated alkanes) is 10. The molecule has 6 atom stereocenters. The van der Waals surface area contributed by atoms with Crippen LogP contribution in [0.25, 0.3) is 10.8 Å². The number of aliphatic hydroxyl groups excluding tert-OH is 3. The third kappa shape index (κ3) is 12.8. The highest BCUT2D eigenvalue weighted by atomic mass is 16.7. The van der Waals surface area contributed by atoms with Crippen LogP contribution in [0.5, 0.6) is 17.2 Å². The van der Waals surface area contributed by atoms with E-state index in [2.05, 4.69) is 49.9 Å². The average molecular weight is 897 g/mol. The molecule has 356 valence electrons. The van der Waals surface area contributed by atoms with Crippen molar-refractivity contribution in [3.63, 3.8) is 0 Å². The number of nitrogens with zero attached hydrogens (tertiary/aromatic N) is 2. The number of allylic oxidation sites excluding steroid dienone is 1. The summed E-state index contributed by atoms with van der Waals surface area (Å²) in [5.74, 6) is 0.316. The Balaban J connectivity index is 1.45. The third-order valence-corrected chi connectivity index (χ3v) is 13.7. The Labute approximate surface area is 387 Å². The summed E-state index contributed by atoms with van der Waals surface area (Å²) in [6, 6.07) is 19.8. The molecule has 3 aliphatic rings. The highest BCUT2D eigenvalue weighted by Gasteiger charge is 2.65. The van der Waals surface area contributed by atoms with Gasteiger partial charge >= 0.3 is 0 Å². The summed E-state index contributed by atoms with van der Waals surface area (Å²) in [5.41, 5.74) is 2.73. The fourth-order valence-corrected chi connectivity index (χ4v) is 10.7. The van der Waals surface area contributed by atoms with E-state index in [1.807, 2.05) is 35.2 Å². The van der Waals surface area contributed by atoms with Crippen LogP contribution in [0.15, 0.2) is 90.1 Å². The maximum atomic E-state index is 14.8. The van der Waals surface area contributed by atoms with Gasteiger partial charge in [0.15, 0.2) is 0 Å². The standard InChI is InChI=1S/C54H76N2O9/c1-4-6-7-8-9-10-11-12-13-24-51(60)56(29-34-62-35-32-59)50-39-48(55-61-3)46-37-42(22-16-18-30-57)45(23-17-19-31-58)52-47-38-44(64-43-26-25-40-20-14-15-21-41(40)36-43)27-28-49(47)65-54(50,53(46)52)63-33-5-2/h5,14-15,20-21,25-28,36-38,42,45,50,52-53,57-59H,2,4,6-13,16-19,22-24,29-35,39H2,1,3H3. The van der Waals surface area contributed by atoms with Crippen LogP contribution in [0.2, 0.25) is 0 Å². The molecule has 11 nitrogen and oxygen atoms in total. The molecule has 1 saturated carbocycles. The SMILES string of the molecule is C=CCOC12Oc3ccc(Oc4ccc5ccccc5c4)cc3C3C(CCCCO)C(CCCCO)C=C(C(=NOC)CC1N(CCOCCO)C(=O)CCCCCCCCCCC)C32. The molecule has 0 saturated heterocycles. The smallest absolute Gasteiger partial charge is 0.239 e. The molecule has 3 aromatic carbocycles. The first-order chi connectivity index (χ1) is 31.9. The second kappa shape index (κ2) is 26.2. The minimum absolute atomic E-state index is 0.00131. The quantitative estimate of drug-likeness (QED) is 0.0339. The number of amides is 1. The van der Waals surface area contributed by atoms with Gasteiger partial charge in [0.05, 0.1) is 38.1 Å². The molecule has 1 heterocycles. The molecule has 6 unspecified atom stereocenters. The monoisotopic (exact) mass is 897 g/mol. The van der Waals surface area contributed by atoms with Crippen LogP contribution in [0.1, 0.15) is 128 Å². The van der Waals surface area contributed by atoms with E-state index in [4.69, 9.17) is 28.9 Å². The number of ether oxygens (including phenoxy) is 4. The molecule has 0 aromatic heterocycles. The Morgan fingerprint density at radius 3 is 2.28 bits per heavy atom. The second-order valence-electron chi connectivity index (χ2n) is 18.1. The van der Waals surface area contributed by atoms with Crippen molar-refractivity contribution in [2.45, 2.75) is 134 Å². The topological polar surface area (TPSA) is 140 Å². The van der Waals surface area contributed by atoms with Crippen molar-refractivity contribution >= 4 is 22.4 Å². The zero-order valence-corrected chi connectivity index (χ0v) is 39.2. The van der Waals surface area contributed by atoms with Crippen molar-refractivity contribution in [1.29, 1.82) is 0 Å². The maximum Gasteiger partial charge on any atom is 0.239 e. The van der Waals surface area contributed by atoms with Gasteiger partial charge < -0.3 is 44.0 Å². The van der Waals surface area contributed by atoms with E-state index in [-0.39, 0.29) is 69.8 Å². The Bertz CT molecular complexity index is 2000. The van der Waals surface area contributed by atoms with Crippen molar-refractivity contribution in [2.24, 2.45) is 22.9 Å². The second-order valence-corrected chi connectivity index (χ2v) is 18.1. The molecular weight excluding hydrogens is 821 g/mol. The summed E-state index contributed by atoms with van der Waals surface area (Å²) in [6.07, 6.45) is 19.8. The average Bonchev–Trinajstić information content (AvgIpc) is 3.32. The van der Waals surface area contributed by atoms with Gasteiger partial charge in [-0.3, -0.25) is 4.79 Å². The van der Waals surface area contributed by atoms with Crippen LogP contribution in [0.3, 0.4) is 0 Å². The van der Waals surface area contributed by atoms with Gasteiger partial charge in [-0.15, -0.1) is 6.58 Å². The summed E-state index contributed by atoms with van der Waals surface area (Å²) < 4.78 is 27.1. The van der Waals surface area contributed by atoms with E-state index < -0.39 is 17.7 Å². The number of aliphatic hydroxyl groups is 3. The summed E-state index contributed by atoms with van der Waals surface area (Å²) in [7, 11) is 1.56. The number of fused-ring (bicyclic) bond motifs is 3. The Morgan fingerprint density at radius 1 is 0.846 bits per heavy atom. The highest BCUT2D eigenvalue weighted by Crippen LogP contribution is 2.62. The number of rotatable bonds is 30. The molecule has 3 aromatic rings. The van der Waals surface area contributed by atoms with Crippen LogP contribution < -0.4 is 9.47 Å². The lowest BCUT2D eigenvalue weighted by Crippen LogP contribution is -2.70. The number of carbonyl (C=O) groups excluding carboxylic acids is 1. The summed E-state index contributed by atoms with van der Waals surface area (Å²) in [6.45, 7) is 7.26. The molecule has 3 N–H and O–H groups in total. The van der Waals surface area contributed by atoms with Crippen LogP contribution >= 0.6 is 0 Å². The zero-order valence-electron chi connectivity index (χ0n) is 39.2. The van der Waals surface area contributed by atoms with E-state index in [9.17, 15) is 20.1 Å². The predicted molar refractivity (Wildman–Crippen MR) is 257 cm³/mol. The third-order valence-electron chi connectivity index (χ3n) is 13.7. The number of hydrogen-bond donors (Lipinski definition) is 3.